The summed E-state index contributed by atoms with van der Waals surface area (Å²) in [7, 11) is -1.47. The average Bonchev–Trinajstić information content (AvgIpc) is 3.58. The van der Waals surface area contributed by atoms with Crippen molar-refractivity contribution in [3.63, 3.8) is 0 Å². The van der Waals surface area contributed by atoms with Crippen molar-refractivity contribution in [2.24, 2.45) is 17.3 Å². The summed E-state index contributed by atoms with van der Waals surface area (Å²) >= 11 is 0. The zero-order valence-corrected chi connectivity index (χ0v) is 32.2. The van der Waals surface area contributed by atoms with Gasteiger partial charge in [0.25, 0.3) is 0 Å². The minimum absolute atomic E-state index is 0.0305. The van der Waals surface area contributed by atoms with Gasteiger partial charge in [-0.15, -0.1) is 0 Å². The van der Waals surface area contributed by atoms with Crippen LogP contribution in [-0.2, 0) is 34.1 Å². The summed E-state index contributed by atoms with van der Waals surface area (Å²) in [6.45, 7) is 9.35. The topological polar surface area (TPSA) is 165 Å². The molecule has 13 nitrogen and oxygen atoms in total. The molecule has 1 aliphatic carbocycles. The van der Waals surface area contributed by atoms with Crippen LogP contribution in [0.2, 0.25) is 0 Å². The van der Waals surface area contributed by atoms with Gasteiger partial charge in [-0.3, -0.25) is 19.2 Å². The quantitative estimate of drug-likeness (QED) is 0.292. The van der Waals surface area contributed by atoms with Gasteiger partial charge in [-0.2, -0.15) is 12.7 Å². The van der Waals surface area contributed by atoms with E-state index in [1.807, 2.05) is 50.3 Å². The molecule has 0 radical (unpaired) electrons. The first-order valence-corrected chi connectivity index (χ1v) is 19.7. The van der Waals surface area contributed by atoms with Crippen LogP contribution in [0.3, 0.4) is 0 Å². The number of benzene rings is 1. The molecule has 2 aliphatic heterocycles. The minimum Gasteiger partial charge on any atom is -0.471 e. The van der Waals surface area contributed by atoms with Gasteiger partial charge >= 0.3 is 16.2 Å². The van der Waals surface area contributed by atoms with E-state index < -0.39 is 51.2 Å². The Labute approximate surface area is 307 Å². The van der Waals surface area contributed by atoms with E-state index in [0.717, 1.165) is 29.1 Å². The molecule has 0 bridgehead atoms. The maximum Gasteiger partial charge on any atom is 0.307 e. The molecule has 3 heterocycles. The third-order valence-electron chi connectivity index (χ3n) is 10.1. The third kappa shape index (κ3) is 9.17. The molecule has 0 spiro atoms. The van der Waals surface area contributed by atoms with E-state index in [9.17, 15) is 27.6 Å². The molecule has 52 heavy (non-hydrogen) atoms. The standard InChI is InChI=1S/C38H53N5O8S/c1-24(2)33-34(40-29-18-14-13-17-28(29)39-33)50-27-20-30-31(44)22-38(36(47)41-52(48,49)42(6)7)21-26(38)16-12-10-8-9-11-15-25(35(46)43(30)23-27)19-32(45)51-37(3,4)5/h12-14,16-18,24-27,30H,8-11,15,19-23H2,1-7H3,(H,41,47)/b16-12-/t25-,26+,27-,30+,38-/m1/s1. The van der Waals surface area contributed by atoms with Crippen molar-refractivity contribution in [3.8, 4) is 5.88 Å². The Morgan fingerprint density at radius 3 is 2.42 bits per heavy atom. The first-order valence-electron chi connectivity index (χ1n) is 18.3. The van der Waals surface area contributed by atoms with E-state index in [-0.39, 0.29) is 49.3 Å². The number of ether oxygens (including phenoxy) is 2. The number of Topliss-reactive ketones (excluding diaryl/α,β-unsaturated/α-hetero) is 1. The SMILES string of the molecule is CC(C)c1nc2ccccc2nc1O[C@@H]1C[C@H]2C(=O)C[C@]3(C(=O)NS(=O)(=O)N(C)C)C[C@@H]3/C=C\CCCCC[C@H](CC(=O)OC(C)(C)C)C(=O)N2C1. The van der Waals surface area contributed by atoms with Gasteiger partial charge in [0.15, 0.2) is 5.78 Å². The van der Waals surface area contributed by atoms with Crippen molar-refractivity contribution in [1.29, 1.82) is 0 Å². The Hall–Kier alpha value is -3.91. The van der Waals surface area contributed by atoms with Crippen LogP contribution in [0.4, 0.5) is 0 Å². The maximum atomic E-state index is 14.5. The summed E-state index contributed by atoms with van der Waals surface area (Å²) < 4.78 is 40.6. The fraction of sp³-hybridized carbons (Fsp3) is 0.632. The van der Waals surface area contributed by atoms with Gasteiger partial charge in [0.1, 0.15) is 17.4 Å². The van der Waals surface area contributed by atoms with E-state index in [0.29, 0.717) is 36.4 Å². The highest BCUT2D eigenvalue weighted by Gasteiger charge is 2.61. The van der Waals surface area contributed by atoms with Gasteiger partial charge in [-0.05, 0) is 64.5 Å². The summed E-state index contributed by atoms with van der Waals surface area (Å²) in [6.07, 6.45) is 6.80. The van der Waals surface area contributed by atoms with Crippen molar-refractivity contribution in [1.82, 2.24) is 23.9 Å². The molecule has 284 valence electrons. The van der Waals surface area contributed by atoms with Crippen LogP contribution >= 0.6 is 0 Å². The number of amides is 2. The molecule has 3 aliphatic rings. The number of aromatic nitrogens is 2. The lowest BCUT2D eigenvalue weighted by Gasteiger charge is -2.29. The van der Waals surface area contributed by atoms with Crippen molar-refractivity contribution >= 4 is 44.8 Å². The molecule has 1 aromatic carbocycles. The number of hydrogen-bond donors (Lipinski definition) is 1. The largest absolute Gasteiger partial charge is 0.471 e. The molecule has 5 rings (SSSR count). The molecule has 14 heteroatoms. The molecule has 5 atom stereocenters. The number of esters is 1. The van der Waals surface area contributed by atoms with E-state index >= 15 is 0 Å². The summed E-state index contributed by atoms with van der Waals surface area (Å²) in [6, 6.07) is 6.49. The van der Waals surface area contributed by atoms with Crippen LogP contribution in [0.15, 0.2) is 36.4 Å². The molecule has 1 aromatic heterocycles. The predicted molar refractivity (Wildman–Crippen MR) is 195 cm³/mol. The number of rotatable bonds is 8. The summed E-state index contributed by atoms with van der Waals surface area (Å²) in [5.74, 6) is -2.72. The molecule has 2 amide bonds. The number of para-hydroxylation sites is 2. The predicted octanol–water partition coefficient (Wildman–Crippen LogP) is 4.86. The Balaban J connectivity index is 1.49. The van der Waals surface area contributed by atoms with Gasteiger partial charge in [0.2, 0.25) is 17.7 Å². The summed E-state index contributed by atoms with van der Waals surface area (Å²) in [5.41, 5.74) is -0.000401. The lowest BCUT2D eigenvalue weighted by atomic mass is 9.90. The monoisotopic (exact) mass is 739 g/mol. The number of hydrogen-bond acceptors (Lipinski definition) is 10. The van der Waals surface area contributed by atoms with Gasteiger partial charge in [-0.25, -0.2) is 14.7 Å². The van der Waals surface area contributed by atoms with E-state index in [2.05, 4.69) is 4.72 Å². The van der Waals surface area contributed by atoms with E-state index in [4.69, 9.17) is 19.4 Å². The van der Waals surface area contributed by atoms with Crippen molar-refractivity contribution in [2.45, 2.75) is 116 Å². The second kappa shape index (κ2) is 15.6. The van der Waals surface area contributed by atoms with Crippen LogP contribution in [0, 0.1) is 17.3 Å². The first-order chi connectivity index (χ1) is 24.4. The van der Waals surface area contributed by atoms with Crippen LogP contribution in [-0.4, -0.2) is 89.5 Å². The summed E-state index contributed by atoms with van der Waals surface area (Å²) in [4.78, 5) is 66.9. The second-order valence-electron chi connectivity index (χ2n) is 15.9. The van der Waals surface area contributed by atoms with E-state index in [1.54, 1.807) is 20.8 Å². The molecule has 0 unspecified atom stereocenters. The van der Waals surface area contributed by atoms with Crippen LogP contribution in [0.25, 0.3) is 11.0 Å². The Kier molecular flexibility index (Phi) is 11.8. The zero-order chi connectivity index (χ0) is 38.0. The molecule has 1 N–H and O–H groups in total. The van der Waals surface area contributed by atoms with Crippen molar-refractivity contribution in [3.05, 3.63) is 42.1 Å². The smallest absolute Gasteiger partial charge is 0.307 e. The number of carbonyl (C=O) groups excluding carboxylic acids is 4. The fourth-order valence-corrected chi connectivity index (χ4v) is 7.76. The molecular formula is C38H53N5O8S. The third-order valence-corrected chi connectivity index (χ3v) is 11.5. The Morgan fingerprint density at radius 2 is 1.77 bits per heavy atom. The van der Waals surface area contributed by atoms with E-state index in [1.165, 1.54) is 19.0 Å². The Morgan fingerprint density at radius 1 is 1.08 bits per heavy atom. The van der Waals surface area contributed by atoms with Crippen LogP contribution in [0.1, 0.15) is 104 Å². The van der Waals surface area contributed by atoms with Gasteiger partial charge in [0.05, 0.1) is 35.5 Å². The molecule has 1 saturated carbocycles. The molecular weight excluding hydrogens is 687 g/mol. The average molecular weight is 740 g/mol. The normalized spacial score (nSPS) is 26.7. The number of ketones is 1. The highest BCUT2D eigenvalue weighted by Crippen LogP contribution is 2.57. The second-order valence-corrected chi connectivity index (χ2v) is 17.8. The minimum atomic E-state index is -4.11. The van der Waals surface area contributed by atoms with Crippen LogP contribution < -0.4 is 9.46 Å². The Bertz CT molecular complexity index is 1820. The lowest BCUT2D eigenvalue weighted by Crippen LogP contribution is -2.47. The molecule has 2 fully saturated rings. The van der Waals surface area contributed by atoms with Gasteiger partial charge in [0, 0.05) is 38.8 Å². The van der Waals surface area contributed by atoms with Crippen molar-refractivity contribution in [2.75, 3.05) is 20.6 Å². The molecule has 2 aromatic rings. The first kappa shape index (κ1) is 39.3. The fourth-order valence-electron chi connectivity index (χ4n) is 7.14. The van der Waals surface area contributed by atoms with Gasteiger partial charge < -0.3 is 14.4 Å². The highest BCUT2D eigenvalue weighted by atomic mass is 32.2. The number of allylic oxidation sites excluding steroid dienone is 2. The lowest BCUT2D eigenvalue weighted by molar-refractivity contribution is -0.159. The zero-order valence-electron chi connectivity index (χ0n) is 31.4. The van der Waals surface area contributed by atoms with Crippen molar-refractivity contribution < 1.29 is 37.1 Å². The number of nitrogens with one attached hydrogen (secondary N) is 1. The summed E-state index contributed by atoms with van der Waals surface area (Å²) in [5, 5.41) is 0. The molecule has 1 saturated heterocycles. The van der Waals surface area contributed by atoms with Crippen LogP contribution in [0.5, 0.6) is 5.88 Å². The number of nitrogens with zero attached hydrogens (tertiary/aromatic N) is 4. The van der Waals surface area contributed by atoms with Gasteiger partial charge in [-0.1, -0.05) is 51.0 Å². The maximum absolute atomic E-state index is 14.5. The number of fused-ring (bicyclic) bond motifs is 3. The number of carbonyl (C=O) groups is 4. The highest BCUT2D eigenvalue weighted by molar-refractivity contribution is 7.87.